The molecule has 0 spiro atoms. The standard InChI is InChI=1S/C22H24O4/c1-2-26-22(25)20-18(16-11-7-4-8-12-16)14-13-17(19(20)21(23)24)15-9-5-3-6-10-15/h3-12,17-20H,2,13-14H2,1H3,(H,23,24)/t17-,18-,19-,20-/m0/s1. The van der Waals surface area contributed by atoms with Crippen molar-refractivity contribution in [2.75, 3.05) is 6.61 Å². The molecule has 0 radical (unpaired) electrons. The van der Waals surface area contributed by atoms with Crippen molar-refractivity contribution in [2.24, 2.45) is 11.8 Å². The van der Waals surface area contributed by atoms with Crippen molar-refractivity contribution in [1.82, 2.24) is 0 Å². The number of benzene rings is 2. The molecule has 1 aliphatic carbocycles. The second-order valence-electron chi connectivity index (χ2n) is 6.75. The molecule has 1 N–H and O–H groups in total. The predicted octanol–water partition coefficient (Wildman–Crippen LogP) is 4.23. The molecule has 1 aliphatic rings. The van der Waals surface area contributed by atoms with Crippen molar-refractivity contribution >= 4 is 11.9 Å². The molecular formula is C22H24O4. The summed E-state index contributed by atoms with van der Waals surface area (Å²) in [5, 5.41) is 10.0. The van der Waals surface area contributed by atoms with Gasteiger partial charge in [0, 0.05) is 0 Å². The van der Waals surface area contributed by atoms with Gasteiger partial charge in [0.1, 0.15) is 0 Å². The highest BCUT2D eigenvalue weighted by Crippen LogP contribution is 2.48. The number of carbonyl (C=O) groups is 2. The topological polar surface area (TPSA) is 63.6 Å². The average molecular weight is 352 g/mol. The van der Waals surface area contributed by atoms with Crippen molar-refractivity contribution in [3.05, 3.63) is 71.8 Å². The molecule has 0 bridgehead atoms. The second-order valence-corrected chi connectivity index (χ2v) is 6.75. The van der Waals surface area contributed by atoms with Crippen LogP contribution in [0.15, 0.2) is 60.7 Å². The molecule has 2 aromatic carbocycles. The van der Waals surface area contributed by atoms with Crippen LogP contribution in [0.3, 0.4) is 0 Å². The molecule has 4 nitrogen and oxygen atoms in total. The molecule has 3 rings (SSSR count). The van der Waals surface area contributed by atoms with Crippen molar-refractivity contribution in [2.45, 2.75) is 31.6 Å². The van der Waals surface area contributed by atoms with Gasteiger partial charge in [-0.05, 0) is 42.7 Å². The number of hydrogen-bond donors (Lipinski definition) is 1. The number of rotatable bonds is 5. The Labute approximate surface area is 153 Å². The fourth-order valence-electron chi connectivity index (χ4n) is 4.24. The van der Waals surface area contributed by atoms with E-state index in [1.54, 1.807) is 6.92 Å². The summed E-state index contributed by atoms with van der Waals surface area (Å²) in [6.07, 6.45) is 1.49. The van der Waals surface area contributed by atoms with Gasteiger partial charge in [-0.3, -0.25) is 9.59 Å². The number of hydrogen-bond acceptors (Lipinski definition) is 3. The minimum Gasteiger partial charge on any atom is -0.481 e. The van der Waals surface area contributed by atoms with Gasteiger partial charge in [-0.15, -0.1) is 0 Å². The molecule has 26 heavy (non-hydrogen) atoms. The molecule has 1 saturated carbocycles. The van der Waals surface area contributed by atoms with Gasteiger partial charge < -0.3 is 9.84 Å². The van der Waals surface area contributed by atoms with Gasteiger partial charge in [-0.2, -0.15) is 0 Å². The van der Waals surface area contributed by atoms with Crippen LogP contribution in [-0.4, -0.2) is 23.7 Å². The largest absolute Gasteiger partial charge is 0.481 e. The van der Waals surface area contributed by atoms with E-state index in [0.717, 1.165) is 24.0 Å². The zero-order valence-electron chi connectivity index (χ0n) is 14.9. The molecule has 4 heteroatoms. The van der Waals surface area contributed by atoms with E-state index >= 15 is 0 Å². The number of carboxylic acid groups (broad SMARTS) is 1. The Bertz CT molecular complexity index is 741. The first-order valence-corrected chi connectivity index (χ1v) is 9.12. The highest BCUT2D eigenvalue weighted by molar-refractivity contribution is 5.83. The van der Waals surface area contributed by atoms with Crippen LogP contribution in [0.4, 0.5) is 0 Å². The summed E-state index contributed by atoms with van der Waals surface area (Å²) in [5.41, 5.74) is 1.98. The summed E-state index contributed by atoms with van der Waals surface area (Å²) in [5.74, 6) is -3.16. The van der Waals surface area contributed by atoms with Crippen LogP contribution in [0.5, 0.6) is 0 Å². The molecule has 0 aliphatic heterocycles. The number of ether oxygens (including phenoxy) is 1. The van der Waals surface area contributed by atoms with Crippen LogP contribution in [0, 0.1) is 11.8 Å². The lowest BCUT2D eigenvalue weighted by molar-refractivity contribution is -0.161. The first-order valence-electron chi connectivity index (χ1n) is 9.12. The number of aliphatic carboxylic acids is 1. The number of carboxylic acids is 1. The molecule has 1 fully saturated rings. The maximum Gasteiger partial charge on any atom is 0.310 e. The van der Waals surface area contributed by atoms with Crippen LogP contribution in [0.25, 0.3) is 0 Å². The maximum atomic E-state index is 12.8. The summed E-state index contributed by atoms with van der Waals surface area (Å²) in [6.45, 7) is 2.00. The Balaban J connectivity index is 2.03. The SMILES string of the molecule is CCOC(=O)[C@@H]1[C@@H](C(=O)O)[C@H](c2ccccc2)CC[C@H]1c1ccccc1. The van der Waals surface area contributed by atoms with E-state index in [2.05, 4.69) is 0 Å². The van der Waals surface area contributed by atoms with Crippen molar-refractivity contribution in [1.29, 1.82) is 0 Å². The molecule has 0 amide bonds. The van der Waals surface area contributed by atoms with Gasteiger partial charge in [0.05, 0.1) is 18.4 Å². The smallest absolute Gasteiger partial charge is 0.310 e. The lowest BCUT2D eigenvalue weighted by Gasteiger charge is -2.40. The summed E-state index contributed by atoms with van der Waals surface area (Å²) in [6, 6.07) is 19.4. The normalized spacial score (nSPS) is 25.4. The molecule has 0 heterocycles. The number of carbonyl (C=O) groups excluding carboxylic acids is 1. The van der Waals surface area contributed by atoms with E-state index in [1.165, 1.54) is 0 Å². The second kappa shape index (κ2) is 8.17. The molecule has 0 saturated heterocycles. The fraction of sp³-hybridized carbons (Fsp3) is 0.364. The molecule has 0 unspecified atom stereocenters. The lowest BCUT2D eigenvalue weighted by atomic mass is 9.63. The Hall–Kier alpha value is -2.62. The summed E-state index contributed by atoms with van der Waals surface area (Å²) < 4.78 is 5.30. The molecular weight excluding hydrogens is 328 g/mol. The Morgan fingerprint density at radius 3 is 1.77 bits per heavy atom. The van der Waals surface area contributed by atoms with E-state index in [1.807, 2.05) is 60.7 Å². The van der Waals surface area contributed by atoms with E-state index < -0.39 is 23.8 Å². The highest BCUT2D eigenvalue weighted by atomic mass is 16.5. The van der Waals surface area contributed by atoms with Crippen LogP contribution in [-0.2, 0) is 14.3 Å². The minimum atomic E-state index is -0.933. The van der Waals surface area contributed by atoms with Gasteiger partial charge in [0.15, 0.2) is 0 Å². The van der Waals surface area contributed by atoms with E-state index in [0.29, 0.717) is 0 Å². The Morgan fingerprint density at radius 1 is 0.885 bits per heavy atom. The zero-order valence-corrected chi connectivity index (χ0v) is 14.9. The zero-order chi connectivity index (χ0) is 18.5. The van der Waals surface area contributed by atoms with Crippen LogP contribution in [0.1, 0.15) is 42.7 Å². The van der Waals surface area contributed by atoms with Gasteiger partial charge in [0.2, 0.25) is 0 Å². The first-order chi connectivity index (χ1) is 12.6. The first kappa shape index (κ1) is 18.2. The predicted molar refractivity (Wildman–Crippen MR) is 98.8 cm³/mol. The third-order valence-electron chi connectivity index (χ3n) is 5.34. The molecule has 2 aromatic rings. The monoisotopic (exact) mass is 352 g/mol. The third kappa shape index (κ3) is 3.64. The Morgan fingerprint density at radius 2 is 1.35 bits per heavy atom. The third-order valence-corrected chi connectivity index (χ3v) is 5.34. The van der Waals surface area contributed by atoms with Gasteiger partial charge in [-0.1, -0.05) is 60.7 Å². The minimum absolute atomic E-state index is 0.142. The lowest BCUT2D eigenvalue weighted by Crippen LogP contribution is -2.42. The highest BCUT2D eigenvalue weighted by Gasteiger charge is 2.48. The van der Waals surface area contributed by atoms with Crippen LogP contribution in [0.2, 0.25) is 0 Å². The van der Waals surface area contributed by atoms with Crippen LogP contribution >= 0.6 is 0 Å². The van der Waals surface area contributed by atoms with Gasteiger partial charge >= 0.3 is 11.9 Å². The maximum absolute atomic E-state index is 12.8. The average Bonchev–Trinajstić information content (AvgIpc) is 2.68. The van der Waals surface area contributed by atoms with Gasteiger partial charge in [-0.25, -0.2) is 0 Å². The molecule has 4 atom stereocenters. The van der Waals surface area contributed by atoms with Crippen molar-refractivity contribution in [3.8, 4) is 0 Å². The van der Waals surface area contributed by atoms with E-state index in [9.17, 15) is 14.7 Å². The van der Waals surface area contributed by atoms with Crippen LogP contribution < -0.4 is 0 Å². The quantitative estimate of drug-likeness (QED) is 0.818. The fourth-order valence-corrected chi connectivity index (χ4v) is 4.24. The van der Waals surface area contributed by atoms with Crippen molar-refractivity contribution < 1.29 is 19.4 Å². The van der Waals surface area contributed by atoms with Gasteiger partial charge in [0.25, 0.3) is 0 Å². The summed E-state index contributed by atoms with van der Waals surface area (Å²) in [4.78, 5) is 25.0. The Kier molecular flexibility index (Phi) is 5.71. The van der Waals surface area contributed by atoms with Crippen molar-refractivity contribution in [3.63, 3.8) is 0 Å². The van der Waals surface area contributed by atoms with E-state index in [4.69, 9.17) is 4.74 Å². The molecule has 0 aromatic heterocycles. The van der Waals surface area contributed by atoms with E-state index in [-0.39, 0.29) is 18.4 Å². The molecule has 136 valence electrons. The summed E-state index contributed by atoms with van der Waals surface area (Å²) in [7, 11) is 0. The summed E-state index contributed by atoms with van der Waals surface area (Å²) >= 11 is 0. The number of esters is 1.